The number of rotatable bonds is 8. The van der Waals surface area contributed by atoms with Gasteiger partial charge in [-0.2, -0.15) is 0 Å². The molecule has 2 amide bonds. The second kappa shape index (κ2) is 9.86. The number of aromatic nitrogens is 2. The lowest BCUT2D eigenvalue weighted by Gasteiger charge is -2.29. The molecule has 3 N–H and O–H groups in total. The van der Waals surface area contributed by atoms with Crippen LogP contribution in [0.15, 0.2) is 58.9 Å². The van der Waals surface area contributed by atoms with Gasteiger partial charge in [-0.15, -0.1) is 0 Å². The number of imidazole rings is 1. The number of ether oxygens (including phenoxy) is 3. The Labute approximate surface area is 194 Å². The third-order valence-electron chi connectivity index (χ3n) is 5.12. The maximum atomic E-state index is 12.9. The maximum absolute atomic E-state index is 12.9. The van der Waals surface area contributed by atoms with E-state index in [9.17, 15) is 9.59 Å². The average Bonchev–Trinajstić information content (AvgIpc) is 3.24. The van der Waals surface area contributed by atoms with Crippen LogP contribution in [0.3, 0.4) is 0 Å². The fourth-order valence-corrected chi connectivity index (χ4v) is 4.38. The number of benzene rings is 2. The van der Waals surface area contributed by atoms with Gasteiger partial charge in [0.1, 0.15) is 11.5 Å². The van der Waals surface area contributed by atoms with Gasteiger partial charge < -0.3 is 29.8 Å². The van der Waals surface area contributed by atoms with E-state index in [0.717, 1.165) is 22.3 Å². The van der Waals surface area contributed by atoms with Crippen molar-refractivity contribution in [3.63, 3.8) is 0 Å². The van der Waals surface area contributed by atoms with Gasteiger partial charge in [-0.1, -0.05) is 23.9 Å². The van der Waals surface area contributed by atoms with Crippen LogP contribution in [-0.2, 0) is 9.53 Å². The molecular formula is C23H24N4O5S. The molecule has 9 nitrogen and oxygen atoms in total. The van der Waals surface area contributed by atoms with Crippen molar-refractivity contribution in [2.24, 2.45) is 0 Å². The number of carbonyl (C=O) groups is 2. The second-order valence-electron chi connectivity index (χ2n) is 7.13. The summed E-state index contributed by atoms with van der Waals surface area (Å²) in [5.41, 5.74) is 3.20. The van der Waals surface area contributed by atoms with E-state index in [1.54, 1.807) is 33.3 Å². The normalized spacial score (nSPS) is 15.7. The Morgan fingerprint density at radius 3 is 2.52 bits per heavy atom. The lowest BCUT2D eigenvalue weighted by atomic mass is 9.95. The fraction of sp³-hybridized carbons (Fsp3) is 0.261. The summed E-state index contributed by atoms with van der Waals surface area (Å²) >= 11 is 1.38. The van der Waals surface area contributed by atoms with Crippen molar-refractivity contribution in [2.45, 2.75) is 18.1 Å². The molecule has 0 fully saturated rings. The van der Waals surface area contributed by atoms with Gasteiger partial charge in [-0.05, 0) is 36.8 Å². The third-order valence-corrected chi connectivity index (χ3v) is 6.02. The predicted molar refractivity (Wildman–Crippen MR) is 124 cm³/mol. The molecule has 0 saturated carbocycles. The van der Waals surface area contributed by atoms with Crippen molar-refractivity contribution in [1.29, 1.82) is 0 Å². The molecule has 0 saturated heterocycles. The highest BCUT2D eigenvalue weighted by atomic mass is 32.2. The number of aromatic amines is 1. The second-order valence-corrected chi connectivity index (χ2v) is 8.10. The maximum Gasteiger partial charge on any atom is 0.338 e. The third kappa shape index (κ3) is 4.90. The van der Waals surface area contributed by atoms with Gasteiger partial charge in [0.15, 0.2) is 5.16 Å². The molecular weight excluding hydrogens is 444 g/mol. The average molecular weight is 469 g/mol. The zero-order valence-electron chi connectivity index (χ0n) is 18.4. The highest BCUT2D eigenvalue weighted by molar-refractivity contribution is 7.99. The van der Waals surface area contributed by atoms with Gasteiger partial charge >= 0.3 is 12.0 Å². The number of carbonyl (C=O) groups excluding carboxylic acids is 2. The monoisotopic (exact) mass is 468 g/mol. The molecule has 1 unspecified atom stereocenters. The van der Waals surface area contributed by atoms with Crippen LogP contribution in [0.5, 0.6) is 11.5 Å². The van der Waals surface area contributed by atoms with E-state index in [0.29, 0.717) is 27.9 Å². The molecule has 3 aromatic rings. The number of esters is 1. The van der Waals surface area contributed by atoms with Crippen LogP contribution >= 0.6 is 11.8 Å². The summed E-state index contributed by atoms with van der Waals surface area (Å²) in [5, 5.41) is 6.25. The number of hydrogen-bond acceptors (Lipinski definition) is 7. The predicted octanol–water partition coefficient (Wildman–Crippen LogP) is 3.54. The number of methoxy groups -OCH3 is 2. The Bertz CT molecular complexity index is 1210. The van der Waals surface area contributed by atoms with Gasteiger partial charge in [0.2, 0.25) is 0 Å². The van der Waals surface area contributed by atoms with Gasteiger partial charge in [0, 0.05) is 17.5 Å². The van der Waals surface area contributed by atoms with Crippen LogP contribution in [0, 0.1) is 0 Å². The van der Waals surface area contributed by atoms with Gasteiger partial charge in [-0.25, -0.2) is 14.6 Å². The molecule has 1 atom stereocenters. The molecule has 33 heavy (non-hydrogen) atoms. The Morgan fingerprint density at radius 1 is 1.09 bits per heavy atom. The summed E-state index contributed by atoms with van der Waals surface area (Å²) in [6.07, 6.45) is 0. The highest BCUT2D eigenvalue weighted by Crippen LogP contribution is 2.31. The number of nitrogens with zero attached hydrogens (tertiary/aromatic N) is 1. The first kappa shape index (κ1) is 22.5. The molecule has 172 valence electrons. The van der Waals surface area contributed by atoms with Crippen molar-refractivity contribution in [2.75, 3.05) is 26.6 Å². The molecule has 1 aromatic heterocycles. The summed E-state index contributed by atoms with van der Waals surface area (Å²) in [7, 11) is 3.18. The molecule has 4 rings (SSSR count). The van der Waals surface area contributed by atoms with Crippen LogP contribution < -0.4 is 20.1 Å². The smallest absolute Gasteiger partial charge is 0.338 e. The first-order valence-electron chi connectivity index (χ1n) is 10.3. The molecule has 2 heterocycles. The molecule has 0 spiro atoms. The van der Waals surface area contributed by atoms with Crippen LogP contribution in [0.25, 0.3) is 11.0 Å². The Balaban J connectivity index is 1.65. The minimum Gasteiger partial charge on any atom is -0.497 e. The fourth-order valence-electron chi connectivity index (χ4n) is 3.53. The van der Waals surface area contributed by atoms with E-state index in [1.807, 2.05) is 30.3 Å². The van der Waals surface area contributed by atoms with Crippen LogP contribution in [-0.4, -0.2) is 48.5 Å². The lowest BCUT2D eigenvalue weighted by Crippen LogP contribution is -2.46. The lowest BCUT2D eigenvalue weighted by molar-refractivity contribution is -0.139. The standard InChI is InChI=1S/C23H24N4O5S/c1-4-32-21(28)19-18(12-33-23-25-16-10-9-15(31-3)11-17(16)26-23)24-22(29)27-20(19)13-5-7-14(30-2)8-6-13/h5-11,20H,4,12H2,1-3H3,(H,25,26)(H2,24,27,29). The minimum atomic E-state index is -0.653. The van der Waals surface area contributed by atoms with Gasteiger partial charge in [0.25, 0.3) is 0 Å². The summed E-state index contributed by atoms with van der Waals surface area (Å²) < 4.78 is 15.8. The quantitative estimate of drug-likeness (QED) is 0.342. The molecule has 0 bridgehead atoms. The van der Waals surface area contributed by atoms with Crippen molar-refractivity contribution in [3.8, 4) is 11.5 Å². The summed E-state index contributed by atoms with van der Waals surface area (Å²) in [6, 6.07) is 11.7. The molecule has 1 aliphatic heterocycles. The van der Waals surface area contributed by atoms with Crippen LogP contribution in [0.1, 0.15) is 18.5 Å². The molecule has 0 aliphatic carbocycles. The molecule has 0 radical (unpaired) electrons. The highest BCUT2D eigenvalue weighted by Gasteiger charge is 2.33. The van der Waals surface area contributed by atoms with E-state index >= 15 is 0 Å². The van der Waals surface area contributed by atoms with E-state index in [4.69, 9.17) is 14.2 Å². The van der Waals surface area contributed by atoms with Crippen molar-refractivity contribution in [1.82, 2.24) is 20.6 Å². The summed E-state index contributed by atoms with van der Waals surface area (Å²) in [6.45, 7) is 1.96. The number of hydrogen-bond donors (Lipinski definition) is 3. The van der Waals surface area contributed by atoms with Gasteiger partial charge in [-0.3, -0.25) is 0 Å². The Hall–Kier alpha value is -3.66. The largest absolute Gasteiger partial charge is 0.497 e. The van der Waals surface area contributed by atoms with Crippen molar-refractivity contribution < 1.29 is 23.8 Å². The number of urea groups is 1. The molecule has 1 aliphatic rings. The first-order chi connectivity index (χ1) is 16.0. The zero-order valence-corrected chi connectivity index (χ0v) is 19.2. The van der Waals surface area contributed by atoms with Gasteiger partial charge in [0.05, 0.1) is 43.5 Å². The SMILES string of the molecule is CCOC(=O)C1=C(CSc2nc3ccc(OC)cc3[nH]2)NC(=O)NC1c1ccc(OC)cc1. The Kier molecular flexibility index (Phi) is 6.74. The zero-order chi connectivity index (χ0) is 23.4. The number of amides is 2. The van der Waals surface area contributed by atoms with E-state index < -0.39 is 18.0 Å². The first-order valence-corrected chi connectivity index (χ1v) is 11.3. The number of fused-ring (bicyclic) bond motifs is 1. The number of H-pyrrole nitrogens is 1. The van der Waals surface area contributed by atoms with Crippen molar-refractivity contribution >= 4 is 34.8 Å². The van der Waals surface area contributed by atoms with E-state index in [1.165, 1.54) is 11.8 Å². The molecule has 2 aromatic carbocycles. The van der Waals surface area contributed by atoms with Crippen molar-refractivity contribution in [3.05, 3.63) is 59.3 Å². The topological polar surface area (TPSA) is 115 Å². The number of nitrogens with one attached hydrogen (secondary N) is 3. The Morgan fingerprint density at radius 2 is 1.82 bits per heavy atom. The molecule has 10 heteroatoms. The summed E-state index contributed by atoms with van der Waals surface area (Å²) in [5.74, 6) is 1.22. The van der Waals surface area contributed by atoms with E-state index in [-0.39, 0.29) is 6.61 Å². The minimum absolute atomic E-state index is 0.220. The van der Waals surface area contributed by atoms with E-state index in [2.05, 4.69) is 20.6 Å². The van der Waals surface area contributed by atoms with Crippen LogP contribution in [0.2, 0.25) is 0 Å². The number of thioether (sulfide) groups is 1. The van der Waals surface area contributed by atoms with Crippen LogP contribution in [0.4, 0.5) is 4.79 Å². The summed E-state index contributed by atoms with van der Waals surface area (Å²) in [4.78, 5) is 33.2.